The summed E-state index contributed by atoms with van der Waals surface area (Å²) in [7, 11) is 0. The van der Waals surface area contributed by atoms with Gasteiger partial charge in [0.25, 0.3) is 5.91 Å². The molecular formula is C19H21NO5S. The molecule has 6 nitrogen and oxygen atoms in total. The van der Waals surface area contributed by atoms with Crippen LogP contribution < -0.4 is 5.32 Å². The van der Waals surface area contributed by atoms with Gasteiger partial charge in [0.05, 0.1) is 17.6 Å². The van der Waals surface area contributed by atoms with Crippen LogP contribution >= 0.6 is 11.8 Å². The lowest BCUT2D eigenvalue weighted by Gasteiger charge is -2.22. The minimum atomic E-state index is -1.02. The zero-order valence-electron chi connectivity index (χ0n) is 14.3. The Morgan fingerprint density at radius 3 is 2.69 bits per heavy atom. The van der Waals surface area contributed by atoms with E-state index >= 15 is 0 Å². The Morgan fingerprint density at radius 1 is 1.15 bits per heavy atom. The Hall–Kier alpha value is -2.25. The van der Waals surface area contributed by atoms with Crippen molar-refractivity contribution in [1.29, 1.82) is 0 Å². The van der Waals surface area contributed by atoms with E-state index in [1.165, 1.54) is 24.1 Å². The third kappa shape index (κ3) is 4.68. The summed E-state index contributed by atoms with van der Waals surface area (Å²) in [4.78, 5) is 24.5. The van der Waals surface area contributed by atoms with Crippen molar-refractivity contribution in [3.05, 3.63) is 53.5 Å². The van der Waals surface area contributed by atoms with Crippen LogP contribution in [0.3, 0.4) is 0 Å². The number of ether oxygens (including phenoxy) is 1. The number of nitrogens with one attached hydrogen (secondary N) is 1. The average molecular weight is 375 g/mol. The van der Waals surface area contributed by atoms with Gasteiger partial charge in [-0.1, -0.05) is 12.1 Å². The lowest BCUT2D eigenvalue weighted by molar-refractivity contribution is 0.0642. The smallest absolute Gasteiger partial charge is 0.339 e. The zero-order chi connectivity index (χ0) is 18.4. The van der Waals surface area contributed by atoms with Crippen molar-refractivity contribution in [2.24, 2.45) is 5.92 Å². The topological polar surface area (TPSA) is 88.8 Å². The molecule has 0 unspecified atom stereocenters. The molecule has 2 aromatic rings. The van der Waals surface area contributed by atoms with E-state index in [1.54, 1.807) is 6.07 Å². The number of amides is 1. The fourth-order valence-electron chi connectivity index (χ4n) is 2.85. The molecule has 1 aromatic carbocycles. The minimum absolute atomic E-state index is 0.113. The van der Waals surface area contributed by atoms with E-state index in [2.05, 4.69) is 5.32 Å². The number of carboxylic acids is 1. The van der Waals surface area contributed by atoms with Crippen LogP contribution in [-0.2, 0) is 10.5 Å². The molecule has 1 saturated heterocycles. The van der Waals surface area contributed by atoms with Gasteiger partial charge < -0.3 is 19.6 Å². The summed E-state index contributed by atoms with van der Waals surface area (Å²) in [6.45, 7) is 2.15. The van der Waals surface area contributed by atoms with Crippen LogP contribution in [0.4, 0.5) is 0 Å². The monoisotopic (exact) mass is 375 g/mol. The number of hydrogen-bond acceptors (Lipinski definition) is 5. The summed E-state index contributed by atoms with van der Waals surface area (Å²) in [5.74, 6) is 0.0572. The maximum absolute atomic E-state index is 12.6. The van der Waals surface area contributed by atoms with E-state index in [0.717, 1.165) is 31.0 Å². The Morgan fingerprint density at radius 2 is 1.92 bits per heavy atom. The van der Waals surface area contributed by atoms with Gasteiger partial charge in [0.1, 0.15) is 11.3 Å². The molecular weight excluding hydrogens is 354 g/mol. The van der Waals surface area contributed by atoms with E-state index in [0.29, 0.717) is 29.5 Å². The molecule has 0 aliphatic carbocycles. The predicted octanol–water partition coefficient (Wildman–Crippen LogP) is 3.43. The van der Waals surface area contributed by atoms with Gasteiger partial charge in [0, 0.05) is 24.7 Å². The van der Waals surface area contributed by atoms with Crippen molar-refractivity contribution in [3.8, 4) is 0 Å². The summed E-state index contributed by atoms with van der Waals surface area (Å²) in [5.41, 5.74) is 0.743. The Kier molecular flexibility index (Phi) is 6.35. The van der Waals surface area contributed by atoms with Crippen LogP contribution in [0, 0.1) is 5.92 Å². The van der Waals surface area contributed by atoms with Crippen LogP contribution in [-0.4, -0.2) is 36.7 Å². The van der Waals surface area contributed by atoms with Crippen LogP contribution in [0.15, 0.2) is 45.9 Å². The number of carbonyl (C=O) groups is 2. The highest BCUT2D eigenvalue weighted by Gasteiger charge is 2.18. The second kappa shape index (κ2) is 8.91. The summed E-state index contributed by atoms with van der Waals surface area (Å²) >= 11 is 1.39. The average Bonchev–Trinajstić information content (AvgIpc) is 3.14. The second-order valence-corrected chi connectivity index (χ2v) is 7.13. The normalized spacial score (nSPS) is 14.9. The number of hydrogen-bond donors (Lipinski definition) is 2. The number of carboxylic acid groups (broad SMARTS) is 1. The van der Waals surface area contributed by atoms with Crippen molar-refractivity contribution in [2.75, 3.05) is 19.8 Å². The van der Waals surface area contributed by atoms with Gasteiger partial charge in [-0.05, 0) is 37.0 Å². The highest BCUT2D eigenvalue weighted by atomic mass is 32.2. The summed E-state index contributed by atoms with van der Waals surface area (Å²) < 4.78 is 10.6. The third-order valence-corrected chi connectivity index (χ3v) is 5.43. The number of benzene rings is 1. The number of rotatable bonds is 7. The molecule has 1 aromatic heterocycles. The maximum atomic E-state index is 12.6. The van der Waals surface area contributed by atoms with Crippen molar-refractivity contribution in [1.82, 2.24) is 5.32 Å². The number of furan rings is 1. The third-order valence-electron chi connectivity index (χ3n) is 4.36. The van der Waals surface area contributed by atoms with E-state index in [4.69, 9.17) is 14.3 Å². The molecule has 0 radical (unpaired) electrons. The molecule has 0 saturated carbocycles. The Balaban J connectivity index is 1.62. The molecule has 26 heavy (non-hydrogen) atoms. The number of thioether (sulfide) groups is 1. The fraction of sp³-hybridized carbons (Fsp3) is 0.368. The molecule has 3 rings (SSSR count). The van der Waals surface area contributed by atoms with Crippen LogP contribution in [0.2, 0.25) is 0 Å². The van der Waals surface area contributed by atoms with Crippen molar-refractivity contribution >= 4 is 23.6 Å². The van der Waals surface area contributed by atoms with Gasteiger partial charge >= 0.3 is 5.97 Å². The van der Waals surface area contributed by atoms with E-state index in [-0.39, 0.29) is 11.5 Å². The van der Waals surface area contributed by atoms with E-state index in [1.807, 2.05) is 18.2 Å². The van der Waals surface area contributed by atoms with Gasteiger partial charge in [0.2, 0.25) is 0 Å². The van der Waals surface area contributed by atoms with E-state index in [9.17, 15) is 9.59 Å². The van der Waals surface area contributed by atoms with Gasteiger partial charge in [-0.3, -0.25) is 4.79 Å². The first-order valence-corrected chi connectivity index (χ1v) is 9.51. The largest absolute Gasteiger partial charge is 0.478 e. The lowest BCUT2D eigenvalue weighted by atomic mass is 10.0. The summed E-state index contributed by atoms with van der Waals surface area (Å²) in [5, 5.41) is 12.2. The Bertz CT molecular complexity index is 767. The molecule has 1 aliphatic heterocycles. The van der Waals surface area contributed by atoms with E-state index < -0.39 is 5.97 Å². The molecule has 2 heterocycles. The predicted molar refractivity (Wildman–Crippen MR) is 97.5 cm³/mol. The molecule has 2 N–H and O–H groups in total. The maximum Gasteiger partial charge on any atom is 0.339 e. The fourth-order valence-corrected chi connectivity index (χ4v) is 3.85. The molecule has 0 bridgehead atoms. The van der Waals surface area contributed by atoms with Crippen LogP contribution in [0.5, 0.6) is 0 Å². The number of aromatic carboxylic acids is 1. The molecule has 1 fully saturated rings. The SMILES string of the molecule is O=C(NCC1CCOCC1)c1ccccc1SCc1occc1C(=O)O. The second-order valence-electron chi connectivity index (χ2n) is 6.11. The molecule has 0 spiro atoms. The van der Waals surface area contributed by atoms with Crippen molar-refractivity contribution in [3.63, 3.8) is 0 Å². The van der Waals surface area contributed by atoms with Crippen LogP contribution in [0.25, 0.3) is 0 Å². The van der Waals surface area contributed by atoms with Gasteiger partial charge in [-0.15, -0.1) is 11.8 Å². The quantitative estimate of drug-likeness (QED) is 0.721. The molecule has 1 amide bonds. The van der Waals surface area contributed by atoms with Crippen LogP contribution in [0.1, 0.15) is 39.3 Å². The van der Waals surface area contributed by atoms with Crippen molar-refractivity contribution < 1.29 is 23.8 Å². The molecule has 138 valence electrons. The van der Waals surface area contributed by atoms with Gasteiger partial charge in [-0.25, -0.2) is 4.79 Å². The highest BCUT2D eigenvalue weighted by molar-refractivity contribution is 7.98. The first kappa shape index (κ1) is 18.5. The van der Waals surface area contributed by atoms with Gasteiger partial charge in [-0.2, -0.15) is 0 Å². The van der Waals surface area contributed by atoms with Gasteiger partial charge in [0.15, 0.2) is 0 Å². The summed E-state index contributed by atoms with van der Waals surface area (Å²) in [6, 6.07) is 8.75. The van der Waals surface area contributed by atoms with Crippen molar-refractivity contribution in [2.45, 2.75) is 23.5 Å². The first-order valence-electron chi connectivity index (χ1n) is 8.52. The Labute approximate surface area is 155 Å². The first-order chi connectivity index (χ1) is 12.6. The highest BCUT2D eigenvalue weighted by Crippen LogP contribution is 2.28. The minimum Gasteiger partial charge on any atom is -0.478 e. The lowest BCUT2D eigenvalue weighted by Crippen LogP contribution is -2.32. The summed E-state index contributed by atoms with van der Waals surface area (Å²) in [6.07, 6.45) is 3.30. The zero-order valence-corrected chi connectivity index (χ0v) is 15.1. The molecule has 1 aliphatic rings. The molecule has 7 heteroatoms. The number of carbonyl (C=O) groups excluding carboxylic acids is 1. The standard InChI is InChI=1S/C19H21NO5S/c21-18(20-11-13-5-8-24-9-6-13)15-3-1-2-4-17(15)26-12-16-14(19(22)23)7-10-25-16/h1-4,7,10,13H,5-6,8-9,11-12H2,(H,20,21)(H,22,23). The molecule has 0 atom stereocenters.